The lowest BCUT2D eigenvalue weighted by atomic mass is 10.0. The highest BCUT2D eigenvalue weighted by atomic mass is 32.2. The molecule has 1 aliphatic heterocycles. The Morgan fingerprint density at radius 1 is 1.03 bits per heavy atom. The van der Waals surface area contributed by atoms with Gasteiger partial charge in [0.15, 0.2) is 15.5 Å². The summed E-state index contributed by atoms with van der Waals surface area (Å²) in [6.45, 7) is -0.241. The molecule has 0 N–H and O–H groups in total. The van der Waals surface area contributed by atoms with Crippen molar-refractivity contribution in [1.82, 2.24) is 9.78 Å². The number of carbonyl (C=O) groups is 1. The van der Waals surface area contributed by atoms with Gasteiger partial charge in [-0.25, -0.2) is 17.5 Å². The van der Waals surface area contributed by atoms with Crippen LogP contribution in [0.15, 0.2) is 71.6 Å². The fourth-order valence-electron chi connectivity index (χ4n) is 4.63. The molecule has 39 heavy (non-hydrogen) atoms. The topological polar surface area (TPSA) is 96.1 Å². The summed E-state index contributed by atoms with van der Waals surface area (Å²) >= 11 is 0. The summed E-state index contributed by atoms with van der Waals surface area (Å²) in [5, 5.41) is 12.9. The SMILES string of the molecule is CS(=O)(=O)c1ccccc1-c1ccc(N2CCc3c(C(F)(F)F)nn(-c4cccc(C#N)c4)c3C2=O)c(F)c1. The Labute approximate surface area is 220 Å². The van der Waals surface area contributed by atoms with Gasteiger partial charge in [-0.05, 0) is 48.4 Å². The lowest BCUT2D eigenvalue weighted by Crippen LogP contribution is -2.39. The number of halogens is 4. The second kappa shape index (κ2) is 9.36. The number of aromatic nitrogens is 2. The molecule has 5 rings (SSSR count). The molecule has 0 saturated heterocycles. The van der Waals surface area contributed by atoms with Gasteiger partial charge in [0.1, 0.15) is 11.5 Å². The van der Waals surface area contributed by atoms with Crippen LogP contribution in [0.5, 0.6) is 0 Å². The summed E-state index contributed by atoms with van der Waals surface area (Å²) in [4.78, 5) is 14.6. The number of nitrogens with zero attached hydrogens (tertiary/aromatic N) is 4. The minimum atomic E-state index is -4.84. The molecule has 0 atom stereocenters. The first-order chi connectivity index (χ1) is 18.4. The average molecular weight is 555 g/mol. The van der Waals surface area contributed by atoms with Crippen molar-refractivity contribution >= 4 is 21.4 Å². The van der Waals surface area contributed by atoms with E-state index in [1.807, 2.05) is 6.07 Å². The highest BCUT2D eigenvalue weighted by Gasteiger charge is 2.43. The highest BCUT2D eigenvalue weighted by molar-refractivity contribution is 7.90. The molecule has 0 aliphatic carbocycles. The molecule has 0 radical (unpaired) electrons. The number of nitriles is 1. The Bertz CT molecular complexity index is 1790. The first-order valence-electron chi connectivity index (χ1n) is 11.5. The Kier molecular flexibility index (Phi) is 6.27. The number of hydrogen-bond donors (Lipinski definition) is 0. The molecule has 0 bridgehead atoms. The van der Waals surface area contributed by atoms with Crippen molar-refractivity contribution in [3.05, 3.63) is 95.1 Å². The van der Waals surface area contributed by atoms with Crippen molar-refractivity contribution in [2.24, 2.45) is 0 Å². The van der Waals surface area contributed by atoms with Crippen LogP contribution in [-0.2, 0) is 22.4 Å². The van der Waals surface area contributed by atoms with E-state index in [1.165, 1.54) is 48.5 Å². The molecule has 1 amide bonds. The normalized spacial score (nSPS) is 13.7. The third-order valence-corrected chi connectivity index (χ3v) is 7.50. The third-order valence-electron chi connectivity index (χ3n) is 6.34. The van der Waals surface area contributed by atoms with Crippen LogP contribution in [0.4, 0.5) is 23.2 Å². The summed E-state index contributed by atoms with van der Waals surface area (Å²) in [6.07, 6.45) is -4.05. The zero-order valence-corrected chi connectivity index (χ0v) is 21.0. The summed E-state index contributed by atoms with van der Waals surface area (Å²) in [6, 6.07) is 17.4. The number of rotatable bonds is 4. The Morgan fingerprint density at radius 3 is 2.44 bits per heavy atom. The molecule has 7 nitrogen and oxygen atoms in total. The molecule has 0 spiro atoms. The van der Waals surface area contributed by atoms with Crippen LogP contribution >= 0.6 is 0 Å². The van der Waals surface area contributed by atoms with E-state index in [0.717, 1.165) is 21.9 Å². The number of carbonyl (C=O) groups excluding carboxylic acids is 1. The predicted molar refractivity (Wildman–Crippen MR) is 134 cm³/mol. The van der Waals surface area contributed by atoms with Gasteiger partial charge in [0, 0.05) is 23.9 Å². The second-order valence-corrected chi connectivity index (χ2v) is 10.9. The first kappa shape index (κ1) is 26.1. The van der Waals surface area contributed by atoms with Gasteiger partial charge in [0.05, 0.1) is 27.9 Å². The number of amides is 1. The van der Waals surface area contributed by atoms with Crippen molar-refractivity contribution in [3.63, 3.8) is 0 Å². The maximum Gasteiger partial charge on any atom is 0.435 e. The Morgan fingerprint density at radius 2 is 1.77 bits per heavy atom. The van der Waals surface area contributed by atoms with E-state index >= 15 is 4.39 Å². The average Bonchev–Trinajstić information content (AvgIpc) is 3.30. The van der Waals surface area contributed by atoms with Gasteiger partial charge in [-0.2, -0.15) is 23.5 Å². The lowest BCUT2D eigenvalue weighted by molar-refractivity contribution is -0.141. The minimum absolute atomic E-state index is 0.000906. The molecule has 198 valence electrons. The van der Waals surface area contributed by atoms with E-state index in [-0.39, 0.29) is 57.2 Å². The van der Waals surface area contributed by atoms with Crippen LogP contribution in [0.2, 0.25) is 0 Å². The molecule has 3 aromatic carbocycles. The quantitative estimate of drug-likeness (QED) is 0.324. The highest BCUT2D eigenvalue weighted by Crippen LogP contribution is 2.38. The number of sulfone groups is 1. The molecule has 0 fully saturated rings. The summed E-state index contributed by atoms with van der Waals surface area (Å²) < 4.78 is 82.1. The van der Waals surface area contributed by atoms with Crippen molar-refractivity contribution in [2.75, 3.05) is 17.7 Å². The van der Waals surface area contributed by atoms with E-state index in [0.29, 0.717) is 0 Å². The maximum absolute atomic E-state index is 15.4. The van der Waals surface area contributed by atoms with Crippen LogP contribution in [-0.4, -0.2) is 36.9 Å². The standard InChI is InChI=1S/C27H18F4N4O3S/c1-39(37,38)23-8-3-2-7-19(23)17-9-10-22(21(28)14-17)34-12-11-20-24(26(34)36)35(33-25(20)27(29,30)31)18-6-4-5-16(13-18)15-32/h2-10,13-14H,11-12H2,1H3. The first-order valence-corrected chi connectivity index (χ1v) is 13.4. The van der Waals surface area contributed by atoms with E-state index in [9.17, 15) is 31.6 Å². The molecule has 2 heterocycles. The van der Waals surface area contributed by atoms with Gasteiger partial charge >= 0.3 is 6.18 Å². The minimum Gasteiger partial charge on any atom is -0.304 e. The van der Waals surface area contributed by atoms with E-state index < -0.39 is 33.4 Å². The molecule has 1 aliphatic rings. The van der Waals surface area contributed by atoms with E-state index in [1.54, 1.807) is 12.1 Å². The van der Waals surface area contributed by atoms with E-state index in [2.05, 4.69) is 5.10 Å². The zero-order valence-electron chi connectivity index (χ0n) is 20.2. The zero-order chi connectivity index (χ0) is 28.1. The van der Waals surface area contributed by atoms with Gasteiger partial charge in [0.2, 0.25) is 0 Å². The van der Waals surface area contributed by atoms with Crippen molar-refractivity contribution < 1.29 is 30.8 Å². The fourth-order valence-corrected chi connectivity index (χ4v) is 5.54. The molecule has 0 unspecified atom stereocenters. The summed E-state index contributed by atoms with van der Waals surface area (Å²) in [5.41, 5.74) is -1.35. The fraction of sp³-hybridized carbons (Fsp3) is 0.148. The Hall–Kier alpha value is -4.50. The molecule has 4 aromatic rings. The molecular formula is C27H18F4N4O3S. The van der Waals surface area contributed by atoms with Crippen LogP contribution in [0, 0.1) is 17.1 Å². The van der Waals surface area contributed by atoms with Gasteiger partial charge in [-0.1, -0.05) is 30.3 Å². The van der Waals surface area contributed by atoms with Gasteiger partial charge in [-0.3, -0.25) is 4.79 Å². The van der Waals surface area contributed by atoms with E-state index in [4.69, 9.17) is 0 Å². The molecule has 1 aromatic heterocycles. The maximum atomic E-state index is 15.4. The number of fused-ring (bicyclic) bond motifs is 1. The Balaban J connectivity index is 1.60. The summed E-state index contributed by atoms with van der Waals surface area (Å²) in [5.74, 6) is -1.76. The van der Waals surface area contributed by atoms with Crippen molar-refractivity contribution in [1.29, 1.82) is 5.26 Å². The number of anilines is 1. The summed E-state index contributed by atoms with van der Waals surface area (Å²) in [7, 11) is -3.62. The number of hydrogen-bond acceptors (Lipinski definition) is 5. The lowest BCUT2D eigenvalue weighted by Gasteiger charge is -2.28. The van der Waals surface area contributed by atoms with Crippen LogP contribution in [0.1, 0.15) is 27.3 Å². The third kappa shape index (κ3) is 4.66. The number of benzene rings is 3. The van der Waals surface area contributed by atoms with Gasteiger partial charge in [-0.15, -0.1) is 0 Å². The van der Waals surface area contributed by atoms with Crippen molar-refractivity contribution in [2.45, 2.75) is 17.5 Å². The largest absolute Gasteiger partial charge is 0.435 e. The molecule has 12 heteroatoms. The molecule has 0 saturated carbocycles. The van der Waals surface area contributed by atoms with Crippen molar-refractivity contribution in [3.8, 4) is 22.9 Å². The monoisotopic (exact) mass is 554 g/mol. The van der Waals surface area contributed by atoms with Gasteiger partial charge in [0.25, 0.3) is 5.91 Å². The second-order valence-electron chi connectivity index (χ2n) is 8.89. The molecular weight excluding hydrogens is 536 g/mol. The van der Waals surface area contributed by atoms with Gasteiger partial charge < -0.3 is 4.90 Å². The number of alkyl halides is 3. The van der Waals surface area contributed by atoms with Crippen LogP contribution < -0.4 is 4.90 Å². The predicted octanol–water partition coefficient (Wildman–Crippen LogP) is 5.18. The van der Waals surface area contributed by atoms with Crippen LogP contribution in [0.25, 0.3) is 16.8 Å². The smallest absolute Gasteiger partial charge is 0.304 e. The van der Waals surface area contributed by atoms with Crippen LogP contribution in [0.3, 0.4) is 0 Å².